The van der Waals surface area contributed by atoms with Gasteiger partial charge in [0.15, 0.2) is 0 Å². The van der Waals surface area contributed by atoms with Crippen LogP contribution in [-0.4, -0.2) is 99.3 Å². The number of aromatic nitrogens is 1. The van der Waals surface area contributed by atoms with E-state index in [0.29, 0.717) is 18.4 Å². The third-order valence-electron chi connectivity index (χ3n) is 9.28. The van der Waals surface area contributed by atoms with Gasteiger partial charge in [-0.25, -0.2) is 0 Å². The standard InChI is InChI=1S/C37H55N7O10/c1-8-20(5)31(40-22(7)45)37(54)44-32(21(6)9-2)36(53)42-26(16-23-18-39-25-13-11-10-12-24(23)25)33(50)41-27(17-29(48)49)34(51)43-30(19(3)4)35(52)38-15-14-28(46)47/h10-13,18-21,26-27,30-32,39H,8-9,14-17H2,1-7H3,(H,38,52)(H,40,45)(H,41,50)(H,42,53)(H,43,51)(H,44,54)(H,46,47)(H,48,49)/t20-,21-,26-,27-,30-,31-,32-/m0/s1. The van der Waals surface area contributed by atoms with Crippen LogP contribution in [0, 0.1) is 17.8 Å². The molecular weight excluding hydrogens is 702 g/mol. The first kappa shape index (κ1) is 44.7. The van der Waals surface area contributed by atoms with Crippen LogP contribution in [0.5, 0.6) is 0 Å². The quantitative estimate of drug-likeness (QED) is 0.0822. The Morgan fingerprint density at radius 2 is 1.20 bits per heavy atom. The van der Waals surface area contributed by atoms with Crippen LogP contribution in [0.3, 0.4) is 0 Å². The van der Waals surface area contributed by atoms with Crippen molar-refractivity contribution in [2.75, 3.05) is 6.54 Å². The molecule has 0 radical (unpaired) electrons. The van der Waals surface area contributed by atoms with E-state index >= 15 is 0 Å². The molecule has 0 aliphatic rings. The van der Waals surface area contributed by atoms with Crippen molar-refractivity contribution in [2.24, 2.45) is 17.8 Å². The van der Waals surface area contributed by atoms with Crippen LogP contribution in [0.1, 0.15) is 79.7 Å². The SMILES string of the molecule is CC[C@H](C)[C@H](NC(C)=O)C(=O)N[C@H](C(=O)N[C@@H](Cc1c[nH]c2ccccc12)C(=O)N[C@@H](CC(=O)O)C(=O)N[C@H](C(=O)NCCC(=O)O)C(C)C)[C@@H](C)CC. The molecular formula is C37H55N7O10. The number of aromatic amines is 1. The summed E-state index contributed by atoms with van der Waals surface area (Å²) in [5, 5.41) is 34.8. The lowest BCUT2D eigenvalue weighted by atomic mass is 9.94. The van der Waals surface area contributed by atoms with Gasteiger partial charge < -0.3 is 47.1 Å². The number of rotatable bonds is 22. The lowest BCUT2D eigenvalue weighted by Crippen LogP contribution is -2.61. The molecule has 1 aromatic heterocycles. The largest absolute Gasteiger partial charge is 0.481 e. The monoisotopic (exact) mass is 757 g/mol. The first-order chi connectivity index (χ1) is 25.4. The maximum atomic E-state index is 14.1. The molecule has 17 heteroatoms. The number of aliphatic carboxylic acids is 2. The number of H-pyrrole nitrogens is 1. The lowest BCUT2D eigenvalue weighted by molar-refractivity contribution is -0.141. The van der Waals surface area contributed by atoms with Crippen LogP contribution in [-0.2, 0) is 44.8 Å². The van der Waals surface area contributed by atoms with Gasteiger partial charge >= 0.3 is 11.9 Å². The average Bonchev–Trinajstić information content (AvgIpc) is 3.52. The molecule has 298 valence electrons. The van der Waals surface area contributed by atoms with Gasteiger partial charge in [-0.1, -0.05) is 72.6 Å². The van der Waals surface area contributed by atoms with E-state index in [0.717, 1.165) is 10.9 Å². The highest BCUT2D eigenvalue weighted by Gasteiger charge is 2.36. The van der Waals surface area contributed by atoms with E-state index in [1.54, 1.807) is 40.0 Å². The predicted molar refractivity (Wildman–Crippen MR) is 199 cm³/mol. The van der Waals surface area contributed by atoms with E-state index in [1.807, 2.05) is 32.0 Å². The Morgan fingerprint density at radius 3 is 1.76 bits per heavy atom. The first-order valence-corrected chi connectivity index (χ1v) is 18.1. The van der Waals surface area contributed by atoms with Gasteiger partial charge in [-0.3, -0.25) is 38.4 Å². The van der Waals surface area contributed by atoms with Gasteiger partial charge in [-0.2, -0.15) is 0 Å². The summed E-state index contributed by atoms with van der Waals surface area (Å²) in [6.07, 6.45) is 1.33. The number of nitrogens with one attached hydrogen (secondary N) is 7. The molecule has 7 atom stereocenters. The number of amides is 6. The zero-order valence-electron chi connectivity index (χ0n) is 31.9. The highest BCUT2D eigenvalue weighted by atomic mass is 16.4. The molecule has 2 aromatic rings. The second-order valence-corrected chi connectivity index (χ2v) is 13.9. The Kier molecular flexibility index (Phi) is 17.6. The highest BCUT2D eigenvalue weighted by Crippen LogP contribution is 2.20. The Morgan fingerprint density at radius 1 is 0.667 bits per heavy atom. The number of hydrogen-bond donors (Lipinski definition) is 9. The summed E-state index contributed by atoms with van der Waals surface area (Å²) >= 11 is 0. The molecule has 0 aliphatic heterocycles. The number of carboxylic acid groups (broad SMARTS) is 2. The van der Waals surface area contributed by atoms with Crippen LogP contribution < -0.4 is 31.9 Å². The van der Waals surface area contributed by atoms with E-state index < -0.39 is 95.8 Å². The average molecular weight is 758 g/mol. The Balaban J connectivity index is 2.46. The van der Waals surface area contributed by atoms with Crippen molar-refractivity contribution in [1.82, 2.24) is 36.9 Å². The van der Waals surface area contributed by atoms with Crippen LogP contribution in [0.15, 0.2) is 30.5 Å². The smallest absolute Gasteiger partial charge is 0.305 e. The minimum Gasteiger partial charge on any atom is -0.481 e. The van der Waals surface area contributed by atoms with E-state index in [1.165, 1.54) is 6.92 Å². The van der Waals surface area contributed by atoms with Crippen molar-refractivity contribution in [3.63, 3.8) is 0 Å². The molecule has 0 unspecified atom stereocenters. The van der Waals surface area contributed by atoms with E-state index in [4.69, 9.17) is 5.11 Å². The van der Waals surface area contributed by atoms with Crippen molar-refractivity contribution < 1.29 is 48.6 Å². The van der Waals surface area contributed by atoms with Gasteiger partial charge in [-0.05, 0) is 29.4 Å². The van der Waals surface area contributed by atoms with Gasteiger partial charge in [0.1, 0.15) is 30.2 Å². The van der Waals surface area contributed by atoms with Gasteiger partial charge in [0.25, 0.3) is 0 Å². The minimum atomic E-state index is -1.69. The topological polar surface area (TPSA) is 265 Å². The molecule has 6 amide bonds. The van der Waals surface area contributed by atoms with Crippen LogP contribution in [0.25, 0.3) is 10.9 Å². The van der Waals surface area contributed by atoms with Crippen molar-refractivity contribution in [3.8, 4) is 0 Å². The summed E-state index contributed by atoms with van der Waals surface area (Å²) in [5.74, 6) is -8.10. The Labute approximate surface area is 314 Å². The zero-order chi connectivity index (χ0) is 40.7. The van der Waals surface area contributed by atoms with Gasteiger partial charge in [0, 0.05) is 37.0 Å². The van der Waals surface area contributed by atoms with Crippen molar-refractivity contribution in [3.05, 3.63) is 36.0 Å². The van der Waals surface area contributed by atoms with Crippen LogP contribution in [0.2, 0.25) is 0 Å². The van der Waals surface area contributed by atoms with Gasteiger partial charge in [-0.15, -0.1) is 0 Å². The molecule has 1 heterocycles. The van der Waals surface area contributed by atoms with E-state index in [9.17, 15) is 43.5 Å². The van der Waals surface area contributed by atoms with E-state index in [2.05, 4.69) is 36.9 Å². The maximum absolute atomic E-state index is 14.1. The zero-order valence-corrected chi connectivity index (χ0v) is 31.9. The molecule has 54 heavy (non-hydrogen) atoms. The Bertz CT molecular complexity index is 1660. The number of para-hydroxylation sites is 1. The molecule has 0 bridgehead atoms. The summed E-state index contributed by atoms with van der Waals surface area (Å²) in [6.45, 7) is 11.5. The number of carboxylic acids is 2. The fraction of sp³-hybridized carbons (Fsp3) is 0.568. The lowest BCUT2D eigenvalue weighted by Gasteiger charge is -2.30. The molecule has 0 saturated heterocycles. The summed E-state index contributed by atoms with van der Waals surface area (Å²) in [5.41, 5.74) is 1.37. The van der Waals surface area contributed by atoms with Gasteiger partial charge in [0.05, 0.1) is 12.8 Å². The maximum Gasteiger partial charge on any atom is 0.305 e. The second-order valence-electron chi connectivity index (χ2n) is 13.9. The highest BCUT2D eigenvalue weighted by molar-refractivity contribution is 5.98. The molecule has 2 rings (SSSR count). The molecule has 17 nitrogen and oxygen atoms in total. The van der Waals surface area contributed by atoms with Crippen molar-refractivity contribution >= 4 is 58.3 Å². The second kappa shape index (κ2) is 21.3. The molecule has 0 fully saturated rings. The number of benzene rings is 1. The molecule has 9 N–H and O–H groups in total. The normalized spacial score (nSPS) is 15.0. The third-order valence-corrected chi connectivity index (χ3v) is 9.28. The summed E-state index contributed by atoms with van der Waals surface area (Å²) in [7, 11) is 0. The fourth-order valence-corrected chi connectivity index (χ4v) is 5.70. The van der Waals surface area contributed by atoms with Crippen molar-refractivity contribution in [2.45, 2.75) is 111 Å². The van der Waals surface area contributed by atoms with Crippen molar-refractivity contribution in [1.29, 1.82) is 0 Å². The first-order valence-electron chi connectivity index (χ1n) is 18.1. The number of carbonyl (C=O) groups excluding carboxylic acids is 6. The Hall–Kier alpha value is -5.48. The molecule has 0 saturated carbocycles. The fourth-order valence-electron chi connectivity index (χ4n) is 5.70. The molecule has 1 aromatic carbocycles. The number of fused-ring (bicyclic) bond motifs is 1. The summed E-state index contributed by atoms with van der Waals surface area (Å²) in [4.78, 5) is 106. The third kappa shape index (κ3) is 13.5. The molecule has 0 aliphatic carbocycles. The molecule has 0 spiro atoms. The summed E-state index contributed by atoms with van der Waals surface area (Å²) < 4.78 is 0. The van der Waals surface area contributed by atoms with Gasteiger partial charge in [0.2, 0.25) is 35.4 Å². The van der Waals surface area contributed by atoms with Crippen LogP contribution in [0.4, 0.5) is 0 Å². The number of carbonyl (C=O) groups is 8. The minimum absolute atomic E-state index is 0.105. The van der Waals surface area contributed by atoms with E-state index in [-0.39, 0.29) is 25.3 Å². The van der Waals surface area contributed by atoms with Crippen LogP contribution >= 0.6 is 0 Å². The predicted octanol–water partition coefficient (Wildman–Crippen LogP) is 0.968. The number of hydrogen-bond acceptors (Lipinski definition) is 8. The summed E-state index contributed by atoms with van der Waals surface area (Å²) in [6, 6.07) is 0.888.